The molecule has 0 spiro atoms. The highest BCUT2D eigenvalue weighted by Crippen LogP contribution is 2.26. The van der Waals surface area contributed by atoms with E-state index in [4.69, 9.17) is 9.40 Å². The largest absolute Gasteiger partial charge is 0.467 e. The summed E-state index contributed by atoms with van der Waals surface area (Å²) in [7, 11) is 0. The first-order valence-corrected chi connectivity index (χ1v) is 11.3. The molecule has 0 bridgehead atoms. The molecule has 0 aliphatic heterocycles. The molecule has 0 saturated carbocycles. The third kappa shape index (κ3) is 4.54. The highest BCUT2D eigenvalue weighted by atomic mass is 16.3. The van der Waals surface area contributed by atoms with E-state index in [-0.39, 0.29) is 18.4 Å². The van der Waals surface area contributed by atoms with Gasteiger partial charge in [0.2, 0.25) is 0 Å². The summed E-state index contributed by atoms with van der Waals surface area (Å²) in [5.41, 5.74) is 3.38. The summed E-state index contributed by atoms with van der Waals surface area (Å²) in [6.45, 7) is 2.84. The lowest BCUT2D eigenvalue weighted by atomic mass is 10.1. The van der Waals surface area contributed by atoms with Crippen LogP contribution in [0.4, 0.5) is 5.69 Å². The first-order chi connectivity index (χ1) is 17.1. The molecular weight excluding hydrogens is 442 g/mol. The van der Waals surface area contributed by atoms with E-state index in [1.54, 1.807) is 59.6 Å². The molecule has 3 heterocycles. The Balaban J connectivity index is 1.47. The van der Waals surface area contributed by atoms with Crippen LogP contribution in [0.2, 0.25) is 0 Å². The third-order valence-electron chi connectivity index (χ3n) is 5.65. The Labute approximate surface area is 201 Å². The molecule has 3 aromatic heterocycles. The fraction of sp³-hybridized carbons (Fsp3) is 0.111. The minimum atomic E-state index is -0.350. The zero-order chi connectivity index (χ0) is 24.2. The van der Waals surface area contributed by atoms with Crippen LogP contribution in [-0.4, -0.2) is 26.6 Å². The van der Waals surface area contributed by atoms with Crippen LogP contribution in [-0.2, 0) is 13.1 Å². The minimum absolute atomic E-state index is 0.246. The van der Waals surface area contributed by atoms with Gasteiger partial charge < -0.3 is 15.1 Å². The van der Waals surface area contributed by atoms with Crippen molar-refractivity contribution in [1.29, 1.82) is 0 Å². The van der Waals surface area contributed by atoms with E-state index >= 15 is 0 Å². The standard InChI is InChI=1S/C27H23N5O3/c1-2-32-25-22(17-29-32)21(15-24(30-25)18-9-4-3-5-10-18)27(34)31-23-13-7-6-12-20(23)26(33)28-16-19-11-8-14-35-19/h3-15,17H,2,16H2,1H3,(H,28,33)(H,31,34). The molecule has 5 aromatic rings. The normalized spacial score (nSPS) is 10.9. The van der Waals surface area contributed by atoms with Crippen molar-refractivity contribution in [2.24, 2.45) is 0 Å². The highest BCUT2D eigenvalue weighted by Gasteiger charge is 2.19. The fourth-order valence-corrected chi connectivity index (χ4v) is 3.88. The number of hydrogen-bond acceptors (Lipinski definition) is 5. The van der Waals surface area contributed by atoms with E-state index in [0.29, 0.717) is 45.8 Å². The average Bonchev–Trinajstić information content (AvgIpc) is 3.57. The summed E-state index contributed by atoms with van der Waals surface area (Å²) in [6.07, 6.45) is 3.20. The maximum absolute atomic E-state index is 13.5. The summed E-state index contributed by atoms with van der Waals surface area (Å²) < 4.78 is 7.03. The minimum Gasteiger partial charge on any atom is -0.467 e. The Morgan fingerprint density at radius 2 is 1.74 bits per heavy atom. The maximum atomic E-state index is 13.5. The number of anilines is 1. The van der Waals surface area contributed by atoms with Crippen LogP contribution >= 0.6 is 0 Å². The first kappa shape index (κ1) is 22.1. The van der Waals surface area contributed by atoms with Gasteiger partial charge >= 0.3 is 0 Å². The number of nitrogens with one attached hydrogen (secondary N) is 2. The summed E-state index contributed by atoms with van der Waals surface area (Å²) >= 11 is 0. The predicted octanol–water partition coefficient (Wildman–Crippen LogP) is 4.89. The molecule has 0 aliphatic rings. The van der Waals surface area contributed by atoms with Gasteiger partial charge in [0.05, 0.1) is 46.9 Å². The van der Waals surface area contributed by atoms with E-state index in [9.17, 15) is 9.59 Å². The van der Waals surface area contributed by atoms with Crippen LogP contribution in [0.25, 0.3) is 22.3 Å². The van der Waals surface area contributed by atoms with Gasteiger partial charge in [-0.1, -0.05) is 42.5 Å². The zero-order valence-electron chi connectivity index (χ0n) is 19.1. The molecule has 0 atom stereocenters. The van der Waals surface area contributed by atoms with Gasteiger partial charge in [0.15, 0.2) is 5.65 Å². The van der Waals surface area contributed by atoms with Crippen LogP contribution in [0.5, 0.6) is 0 Å². The van der Waals surface area contributed by atoms with Gasteiger partial charge in [-0.25, -0.2) is 9.67 Å². The molecule has 2 N–H and O–H groups in total. The number of amides is 2. The van der Waals surface area contributed by atoms with E-state index in [1.807, 2.05) is 37.3 Å². The number of nitrogens with zero attached hydrogens (tertiary/aromatic N) is 3. The highest BCUT2D eigenvalue weighted by molar-refractivity contribution is 6.14. The second-order valence-corrected chi connectivity index (χ2v) is 7.88. The predicted molar refractivity (Wildman–Crippen MR) is 133 cm³/mol. The number of furan rings is 1. The summed E-state index contributed by atoms with van der Waals surface area (Å²) in [5, 5.41) is 10.8. The second kappa shape index (κ2) is 9.64. The third-order valence-corrected chi connectivity index (χ3v) is 5.65. The monoisotopic (exact) mass is 465 g/mol. The number of carbonyl (C=O) groups is 2. The van der Waals surface area contributed by atoms with Gasteiger partial charge in [-0.3, -0.25) is 9.59 Å². The quantitative estimate of drug-likeness (QED) is 0.356. The van der Waals surface area contributed by atoms with Crippen molar-refractivity contribution in [2.75, 3.05) is 5.32 Å². The van der Waals surface area contributed by atoms with Gasteiger partial charge in [-0.05, 0) is 37.3 Å². The zero-order valence-corrected chi connectivity index (χ0v) is 19.1. The van der Waals surface area contributed by atoms with Crippen molar-refractivity contribution in [3.8, 4) is 11.3 Å². The molecule has 8 nitrogen and oxygen atoms in total. The van der Waals surface area contributed by atoms with Crippen LogP contribution < -0.4 is 10.6 Å². The second-order valence-electron chi connectivity index (χ2n) is 7.88. The molecule has 0 radical (unpaired) electrons. The Kier molecular flexibility index (Phi) is 6.09. The number of hydrogen-bond donors (Lipinski definition) is 2. The molecule has 0 unspecified atom stereocenters. The van der Waals surface area contributed by atoms with Gasteiger partial charge in [0.1, 0.15) is 5.76 Å². The summed E-state index contributed by atoms with van der Waals surface area (Å²) in [6, 6.07) is 21.9. The lowest BCUT2D eigenvalue weighted by molar-refractivity contribution is 0.0949. The number of benzene rings is 2. The molecule has 0 saturated heterocycles. The molecule has 0 fully saturated rings. The molecule has 0 aliphatic carbocycles. The summed E-state index contributed by atoms with van der Waals surface area (Å²) in [5.74, 6) is -0.0297. The van der Waals surface area contributed by atoms with Gasteiger partial charge in [-0.15, -0.1) is 0 Å². The number of para-hydroxylation sites is 1. The Morgan fingerprint density at radius 3 is 2.51 bits per heavy atom. The van der Waals surface area contributed by atoms with Gasteiger partial charge in [0, 0.05) is 12.1 Å². The van der Waals surface area contributed by atoms with E-state index in [1.165, 1.54) is 0 Å². The van der Waals surface area contributed by atoms with Gasteiger partial charge in [-0.2, -0.15) is 5.10 Å². The summed E-state index contributed by atoms with van der Waals surface area (Å²) in [4.78, 5) is 31.1. The number of fused-ring (bicyclic) bond motifs is 1. The molecule has 5 rings (SSSR count). The van der Waals surface area contributed by atoms with Crippen molar-refractivity contribution in [1.82, 2.24) is 20.1 Å². The van der Waals surface area contributed by atoms with Crippen LogP contribution in [0.3, 0.4) is 0 Å². The Morgan fingerprint density at radius 1 is 0.943 bits per heavy atom. The lowest BCUT2D eigenvalue weighted by Gasteiger charge is -2.12. The van der Waals surface area contributed by atoms with Crippen LogP contribution in [0, 0.1) is 0 Å². The molecule has 2 aromatic carbocycles. The number of aryl methyl sites for hydroxylation is 1. The van der Waals surface area contributed by atoms with Crippen molar-refractivity contribution < 1.29 is 14.0 Å². The Hall–Kier alpha value is -4.72. The molecule has 8 heteroatoms. The molecule has 174 valence electrons. The molecule has 2 amide bonds. The molecule has 35 heavy (non-hydrogen) atoms. The number of rotatable bonds is 7. The van der Waals surface area contributed by atoms with E-state index < -0.39 is 0 Å². The fourth-order valence-electron chi connectivity index (χ4n) is 3.88. The van der Waals surface area contributed by atoms with Crippen LogP contribution in [0.1, 0.15) is 33.4 Å². The van der Waals surface area contributed by atoms with Gasteiger partial charge in [0.25, 0.3) is 11.8 Å². The van der Waals surface area contributed by atoms with Crippen molar-refractivity contribution in [2.45, 2.75) is 20.0 Å². The number of carbonyl (C=O) groups excluding carboxylic acids is 2. The number of pyridine rings is 1. The SMILES string of the molecule is CCn1ncc2c(C(=O)Nc3ccccc3C(=O)NCc3ccco3)cc(-c3ccccc3)nc21. The van der Waals surface area contributed by atoms with E-state index in [2.05, 4.69) is 15.7 Å². The topological polar surface area (TPSA) is 102 Å². The first-order valence-electron chi connectivity index (χ1n) is 11.3. The van der Waals surface area contributed by atoms with Crippen molar-refractivity contribution in [3.63, 3.8) is 0 Å². The van der Waals surface area contributed by atoms with E-state index in [0.717, 1.165) is 5.56 Å². The van der Waals surface area contributed by atoms with Crippen molar-refractivity contribution in [3.05, 3.63) is 102 Å². The Bertz CT molecular complexity index is 1490. The molecular formula is C27H23N5O3. The average molecular weight is 466 g/mol. The maximum Gasteiger partial charge on any atom is 0.256 e. The smallest absolute Gasteiger partial charge is 0.256 e. The van der Waals surface area contributed by atoms with Crippen molar-refractivity contribution >= 4 is 28.5 Å². The lowest BCUT2D eigenvalue weighted by Crippen LogP contribution is -2.24. The number of aromatic nitrogens is 3. The van der Waals surface area contributed by atoms with Crippen LogP contribution in [0.15, 0.2) is 89.7 Å².